The molecule has 0 saturated heterocycles. The van der Waals surface area contributed by atoms with Crippen molar-refractivity contribution in [1.29, 1.82) is 0 Å². The maximum Gasteiger partial charge on any atom is 0.213 e. The maximum absolute atomic E-state index is 10.7. The SMILES string of the molecule is NS(=O)(=O)Cc1ccccc1Br. The topological polar surface area (TPSA) is 60.2 Å². The molecule has 0 aromatic heterocycles. The van der Waals surface area contributed by atoms with E-state index in [-0.39, 0.29) is 5.75 Å². The highest BCUT2D eigenvalue weighted by atomic mass is 79.9. The van der Waals surface area contributed by atoms with E-state index in [1.54, 1.807) is 18.2 Å². The predicted octanol–water partition coefficient (Wildman–Crippen LogP) is 1.24. The zero-order valence-electron chi connectivity index (χ0n) is 6.20. The summed E-state index contributed by atoms with van der Waals surface area (Å²) < 4.78 is 22.2. The lowest BCUT2D eigenvalue weighted by Crippen LogP contribution is -2.14. The zero-order chi connectivity index (χ0) is 9.19. The first-order valence-corrected chi connectivity index (χ1v) is 5.74. The normalized spacial score (nSPS) is 11.5. The van der Waals surface area contributed by atoms with Crippen molar-refractivity contribution in [3.63, 3.8) is 0 Å². The Kier molecular flexibility index (Phi) is 2.87. The van der Waals surface area contributed by atoms with Crippen LogP contribution in [0, 0.1) is 0 Å². The fourth-order valence-corrected chi connectivity index (χ4v) is 2.13. The van der Waals surface area contributed by atoms with Gasteiger partial charge in [-0.1, -0.05) is 34.1 Å². The molecule has 0 aliphatic rings. The summed E-state index contributed by atoms with van der Waals surface area (Å²) in [5.41, 5.74) is 0.681. The minimum atomic E-state index is -3.43. The number of hydrogen-bond donors (Lipinski definition) is 1. The van der Waals surface area contributed by atoms with Crippen LogP contribution in [0.3, 0.4) is 0 Å². The van der Waals surface area contributed by atoms with E-state index >= 15 is 0 Å². The molecule has 5 heteroatoms. The number of sulfonamides is 1. The second-order valence-corrected chi connectivity index (χ2v) is 4.87. The third-order valence-electron chi connectivity index (χ3n) is 1.31. The summed E-state index contributed by atoms with van der Waals surface area (Å²) in [4.78, 5) is 0. The van der Waals surface area contributed by atoms with E-state index in [2.05, 4.69) is 15.9 Å². The van der Waals surface area contributed by atoms with Crippen LogP contribution in [0.1, 0.15) is 5.56 Å². The molecule has 0 fully saturated rings. The zero-order valence-corrected chi connectivity index (χ0v) is 8.60. The number of halogens is 1. The first-order chi connectivity index (χ1) is 5.49. The third-order valence-corrected chi connectivity index (χ3v) is 2.80. The van der Waals surface area contributed by atoms with Gasteiger partial charge in [-0.3, -0.25) is 0 Å². The van der Waals surface area contributed by atoms with Crippen LogP contribution in [0.2, 0.25) is 0 Å². The second-order valence-electron chi connectivity index (χ2n) is 2.40. The van der Waals surface area contributed by atoms with Crippen LogP contribution in [0.4, 0.5) is 0 Å². The van der Waals surface area contributed by atoms with E-state index in [9.17, 15) is 8.42 Å². The Morgan fingerprint density at radius 1 is 1.33 bits per heavy atom. The van der Waals surface area contributed by atoms with Gasteiger partial charge in [-0.25, -0.2) is 13.6 Å². The van der Waals surface area contributed by atoms with Gasteiger partial charge in [0.05, 0.1) is 5.75 Å². The van der Waals surface area contributed by atoms with Crippen molar-refractivity contribution in [2.75, 3.05) is 0 Å². The predicted molar refractivity (Wildman–Crippen MR) is 51.0 cm³/mol. The minimum absolute atomic E-state index is 0.131. The summed E-state index contributed by atoms with van der Waals surface area (Å²) in [5.74, 6) is -0.131. The molecule has 0 heterocycles. The van der Waals surface area contributed by atoms with Crippen LogP contribution in [0.25, 0.3) is 0 Å². The molecule has 0 bridgehead atoms. The summed E-state index contributed by atoms with van der Waals surface area (Å²) in [6.45, 7) is 0. The second kappa shape index (κ2) is 3.55. The molecule has 1 aromatic rings. The number of rotatable bonds is 2. The highest BCUT2D eigenvalue weighted by Crippen LogP contribution is 2.17. The van der Waals surface area contributed by atoms with Crippen molar-refractivity contribution in [2.24, 2.45) is 5.14 Å². The highest BCUT2D eigenvalue weighted by Gasteiger charge is 2.06. The van der Waals surface area contributed by atoms with E-state index in [1.165, 1.54) is 0 Å². The standard InChI is InChI=1S/C7H8BrNO2S/c8-7-4-2-1-3-6(7)5-12(9,10)11/h1-4H,5H2,(H2,9,10,11). The first kappa shape index (κ1) is 9.70. The Bertz CT molecular complexity index is 375. The summed E-state index contributed by atoms with van der Waals surface area (Å²) in [5, 5.41) is 4.89. The molecule has 0 saturated carbocycles. The van der Waals surface area contributed by atoms with Gasteiger partial charge in [-0.2, -0.15) is 0 Å². The molecule has 66 valence electrons. The van der Waals surface area contributed by atoms with Gasteiger partial charge in [0.2, 0.25) is 10.0 Å². The molecule has 0 amide bonds. The quantitative estimate of drug-likeness (QED) is 0.858. The molecule has 0 atom stereocenters. The molecule has 0 aliphatic heterocycles. The lowest BCUT2D eigenvalue weighted by molar-refractivity contribution is 0.597. The smallest absolute Gasteiger partial charge is 0.213 e. The van der Waals surface area contributed by atoms with Gasteiger partial charge in [-0.15, -0.1) is 0 Å². The number of primary sulfonamides is 1. The molecule has 0 spiro atoms. The molecule has 2 N–H and O–H groups in total. The molecule has 0 unspecified atom stereocenters. The molecule has 0 aliphatic carbocycles. The van der Waals surface area contributed by atoms with Crippen LogP contribution in [0.15, 0.2) is 28.7 Å². The van der Waals surface area contributed by atoms with Crippen molar-refractivity contribution in [3.8, 4) is 0 Å². The monoisotopic (exact) mass is 249 g/mol. The third kappa shape index (κ3) is 2.92. The lowest BCUT2D eigenvalue weighted by Gasteiger charge is -2.00. The molecular weight excluding hydrogens is 242 g/mol. The highest BCUT2D eigenvalue weighted by molar-refractivity contribution is 9.10. The molecule has 0 radical (unpaired) electrons. The Morgan fingerprint density at radius 2 is 1.92 bits per heavy atom. The maximum atomic E-state index is 10.7. The fraction of sp³-hybridized carbons (Fsp3) is 0.143. The number of hydrogen-bond acceptors (Lipinski definition) is 2. The summed E-state index contributed by atoms with van der Waals surface area (Å²) in [6.07, 6.45) is 0. The lowest BCUT2D eigenvalue weighted by atomic mass is 10.2. The van der Waals surface area contributed by atoms with Crippen LogP contribution >= 0.6 is 15.9 Å². The van der Waals surface area contributed by atoms with Gasteiger partial charge in [0, 0.05) is 4.47 Å². The Morgan fingerprint density at radius 3 is 2.42 bits per heavy atom. The van der Waals surface area contributed by atoms with Crippen molar-refractivity contribution >= 4 is 26.0 Å². The van der Waals surface area contributed by atoms with Gasteiger partial charge in [0.15, 0.2) is 0 Å². The van der Waals surface area contributed by atoms with Crippen LogP contribution < -0.4 is 5.14 Å². The van der Waals surface area contributed by atoms with Gasteiger partial charge >= 0.3 is 0 Å². The minimum Gasteiger partial charge on any atom is -0.228 e. The fourth-order valence-electron chi connectivity index (χ4n) is 0.832. The van der Waals surface area contributed by atoms with Gasteiger partial charge in [-0.05, 0) is 11.6 Å². The number of benzene rings is 1. The van der Waals surface area contributed by atoms with Gasteiger partial charge < -0.3 is 0 Å². The molecule has 12 heavy (non-hydrogen) atoms. The van der Waals surface area contributed by atoms with Crippen LogP contribution in [-0.4, -0.2) is 8.42 Å². The Balaban J connectivity index is 2.98. The van der Waals surface area contributed by atoms with E-state index in [0.29, 0.717) is 5.56 Å². The summed E-state index contributed by atoms with van der Waals surface area (Å²) in [6, 6.07) is 7.08. The number of nitrogens with two attached hydrogens (primary N) is 1. The Labute approximate surface area is 79.8 Å². The van der Waals surface area contributed by atoms with Crippen molar-refractivity contribution in [3.05, 3.63) is 34.3 Å². The molecule has 3 nitrogen and oxygen atoms in total. The average molecular weight is 250 g/mol. The van der Waals surface area contributed by atoms with E-state index in [4.69, 9.17) is 5.14 Å². The van der Waals surface area contributed by atoms with Gasteiger partial charge in [0.1, 0.15) is 0 Å². The van der Waals surface area contributed by atoms with Crippen molar-refractivity contribution in [2.45, 2.75) is 5.75 Å². The van der Waals surface area contributed by atoms with E-state index in [1.807, 2.05) is 6.07 Å². The van der Waals surface area contributed by atoms with E-state index < -0.39 is 10.0 Å². The summed E-state index contributed by atoms with van der Waals surface area (Å²) in [7, 11) is -3.43. The molecular formula is C7H8BrNO2S. The van der Waals surface area contributed by atoms with Crippen LogP contribution in [-0.2, 0) is 15.8 Å². The first-order valence-electron chi connectivity index (χ1n) is 3.23. The average Bonchev–Trinajstić information content (AvgIpc) is 1.91. The van der Waals surface area contributed by atoms with Gasteiger partial charge in [0.25, 0.3) is 0 Å². The van der Waals surface area contributed by atoms with E-state index in [0.717, 1.165) is 4.47 Å². The molecule has 1 aromatic carbocycles. The van der Waals surface area contributed by atoms with Crippen LogP contribution in [0.5, 0.6) is 0 Å². The largest absolute Gasteiger partial charge is 0.228 e. The Hall–Kier alpha value is -0.390. The molecule has 1 rings (SSSR count). The summed E-state index contributed by atoms with van der Waals surface area (Å²) >= 11 is 3.23. The van der Waals surface area contributed by atoms with Crippen molar-refractivity contribution in [1.82, 2.24) is 0 Å². The van der Waals surface area contributed by atoms with Crippen molar-refractivity contribution < 1.29 is 8.42 Å².